The average molecular weight is 372 g/mol. The zero-order valence-corrected chi connectivity index (χ0v) is 16.1. The molecule has 6 heteroatoms. The Bertz CT molecular complexity index is 917. The van der Waals surface area contributed by atoms with Crippen molar-refractivity contribution in [2.45, 2.75) is 44.6 Å². The molecule has 138 valence electrons. The highest BCUT2D eigenvalue weighted by Crippen LogP contribution is 2.29. The van der Waals surface area contributed by atoms with Crippen LogP contribution in [0.4, 0.5) is 5.69 Å². The van der Waals surface area contributed by atoms with Crippen molar-refractivity contribution in [2.24, 2.45) is 0 Å². The Morgan fingerprint density at radius 1 is 1.08 bits per heavy atom. The summed E-state index contributed by atoms with van der Waals surface area (Å²) in [6.45, 7) is 5.49. The third-order valence-corrected chi connectivity index (χ3v) is 6.46. The van der Waals surface area contributed by atoms with E-state index in [0.717, 1.165) is 29.5 Å². The molecule has 0 aromatic heterocycles. The molecule has 0 unspecified atom stereocenters. The molecule has 0 heterocycles. The zero-order valence-electron chi connectivity index (χ0n) is 15.3. The largest absolute Gasteiger partial charge is 0.352 e. The Kier molecular flexibility index (Phi) is 5.05. The Hall–Kier alpha value is -2.34. The third-order valence-electron chi connectivity index (χ3n) is 4.68. The summed E-state index contributed by atoms with van der Waals surface area (Å²) >= 11 is 0. The predicted molar refractivity (Wildman–Crippen MR) is 103 cm³/mol. The topological polar surface area (TPSA) is 66.5 Å². The molecule has 2 aromatic carbocycles. The molecule has 0 aliphatic heterocycles. The van der Waals surface area contributed by atoms with Gasteiger partial charge in [0.1, 0.15) is 6.54 Å². The second-order valence-corrected chi connectivity index (χ2v) is 8.75. The van der Waals surface area contributed by atoms with Crippen molar-refractivity contribution in [2.75, 3.05) is 10.8 Å². The first-order chi connectivity index (χ1) is 12.3. The van der Waals surface area contributed by atoms with Crippen LogP contribution < -0.4 is 9.62 Å². The maximum Gasteiger partial charge on any atom is 0.264 e. The van der Waals surface area contributed by atoms with Gasteiger partial charge >= 0.3 is 0 Å². The standard InChI is InChI=1S/C20H24N2O3S/c1-14-7-11-18(12-8-14)26(24,25)22(13-20(23)21-17-9-10-17)19-6-4-5-15(2)16(19)3/h4-8,11-12,17H,9-10,13H2,1-3H3,(H,21,23). The third kappa shape index (κ3) is 3.90. The van der Waals surface area contributed by atoms with Gasteiger partial charge in [-0.1, -0.05) is 29.8 Å². The van der Waals surface area contributed by atoms with E-state index in [9.17, 15) is 13.2 Å². The molecule has 0 atom stereocenters. The van der Waals surface area contributed by atoms with Crippen molar-refractivity contribution in [1.82, 2.24) is 5.32 Å². The lowest BCUT2D eigenvalue weighted by atomic mass is 10.1. The lowest BCUT2D eigenvalue weighted by Crippen LogP contribution is -2.41. The van der Waals surface area contributed by atoms with Crippen molar-refractivity contribution < 1.29 is 13.2 Å². The van der Waals surface area contributed by atoms with Gasteiger partial charge in [0.25, 0.3) is 10.0 Å². The molecular weight excluding hydrogens is 348 g/mol. The van der Waals surface area contributed by atoms with Gasteiger partial charge in [0, 0.05) is 6.04 Å². The second kappa shape index (κ2) is 7.11. The highest BCUT2D eigenvalue weighted by molar-refractivity contribution is 7.92. The molecule has 2 aromatic rings. The molecule has 1 aliphatic rings. The quantitative estimate of drug-likeness (QED) is 0.847. The van der Waals surface area contributed by atoms with Crippen LogP contribution in [0.15, 0.2) is 47.4 Å². The molecule has 5 nitrogen and oxygen atoms in total. The molecule has 1 saturated carbocycles. The fourth-order valence-electron chi connectivity index (χ4n) is 2.77. The Balaban J connectivity index is 2.02. The second-order valence-electron chi connectivity index (χ2n) is 6.89. The minimum Gasteiger partial charge on any atom is -0.352 e. The lowest BCUT2D eigenvalue weighted by Gasteiger charge is -2.26. The van der Waals surface area contributed by atoms with Crippen LogP contribution in [-0.4, -0.2) is 26.9 Å². The van der Waals surface area contributed by atoms with Gasteiger partial charge in [-0.25, -0.2) is 8.42 Å². The highest BCUT2D eigenvalue weighted by Gasteiger charge is 2.30. The van der Waals surface area contributed by atoms with Crippen LogP contribution in [0.1, 0.15) is 29.5 Å². The minimum absolute atomic E-state index is 0.184. The monoisotopic (exact) mass is 372 g/mol. The summed E-state index contributed by atoms with van der Waals surface area (Å²) in [5, 5.41) is 2.88. The van der Waals surface area contributed by atoms with E-state index in [1.54, 1.807) is 30.3 Å². The number of hydrogen-bond donors (Lipinski definition) is 1. The number of hydrogen-bond acceptors (Lipinski definition) is 3. The number of amides is 1. The SMILES string of the molecule is Cc1ccc(S(=O)(=O)N(CC(=O)NC2CC2)c2cccc(C)c2C)cc1. The van der Waals surface area contributed by atoms with Crippen LogP contribution in [0.3, 0.4) is 0 Å². The molecular formula is C20H24N2O3S. The van der Waals surface area contributed by atoms with E-state index in [1.807, 2.05) is 32.9 Å². The van der Waals surface area contributed by atoms with Crippen LogP contribution >= 0.6 is 0 Å². The number of rotatable bonds is 6. The van der Waals surface area contributed by atoms with Gasteiger partial charge in [-0.3, -0.25) is 9.10 Å². The molecule has 1 amide bonds. The van der Waals surface area contributed by atoms with Gasteiger partial charge in [0.15, 0.2) is 0 Å². The van der Waals surface area contributed by atoms with Crippen molar-refractivity contribution in [3.8, 4) is 0 Å². The van der Waals surface area contributed by atoms with E-state index in [1.165, 1.54) is 4.31 Å². The number of aryl methyl sites for hydroxylation is 2. The summed E-state index contributed by atoms with van der Waals surface area (Å²) in [5.41, 5.74) is 3.35. The van der Waals surface area contributed by atoms with Crippen LogP contribution in [0, 0.1) is 20.8 Å². The van der Waals surface area contributed by atoms with Crippen LogP contribution in [0.2, 0.25) is 0 Å². The van der Waals surface area contributed by atoms with E-state index in [2.05, 4.69) is 5.32 Å². The first kappa shape index (κ1) is 18.5. The molecule has 1 N–H and O–H groups in total. The van der Waals surface area contributed by atoms with E-state index in [-0.39, 0.29) is 23.4 Å². The molecule has 1 fully saturated rings. The van der Waals surface area contributed by atoms with Crippen LogP contribution in [0.5, 0.6) is 0 Å². The summed E-state index contributed by atoms with van der Waals surface area (Å²) < 4.78 is 27.8. The number of sulfonamides is 1. The molecule has 3 rings (SSSR count). The van der Waals surface area contributed by atoms with Gasteiger partial charge in [-0.05, 0) is 62.9 Å². The molecule has 0 radical (unpaired) electrons. The van der Waals surface area contributed by atoms with Gasteiger partial charge in [0.2, 0.25) is 5.91 Å². The summed E-state index contributed by atoms with van der Waals surface area (Å²) in [6, 6.07) is 12.4. The number of nitrogens with one attached hydrogen (secondary N) is 1. The predicted octanol–water partition coefficient (Wildman–Crippen LogP) is 3.09. The van der Waals surface area contributed by atoms with E-state index in [0.29, 0.717) is 5.69 Å². The number of anilines is 1. The molecule has 1 aliphatic carbocycles. The summed E-state index contributed by atoms with van der Waals surface area (Å²) in [4.78, 5) is 12.6. The maximum absolute atomic E-state index is 13.3. The minimum atomic E-state index is -3.85. The Morgan fingerprint density at radius 3 is 2.35 bits per heavy atom. The normalized spacial score (nSPS) is 14.1. The van der Waals surface area contributed by atoms with Crippen molar-refractivity contribution in [3.05, 3.63) is 59.2 Å². The Labute approximate surface area is 155 Å². The summed E-state index contributed by atoms with van der Waals surface area (Å²) in [6.07, 6.45) is 1.92. The van der Waals surface area contributed by atoms with Crippen molar-refractivity contribution in [3.63, 3.8) is 0 Å². The van der Waals surface area contributed by atoms with Gasteiger partial charge in [-0.2, -0.15) is 0 Å². The Morgan fingerprint density at radius 2 is 1.73 bits per heavy atom. The fraction of sp³-hybridized carbons (Fsp3) is 0.350. The number of carbonyl (C=O) groups is 1. The smallest absolute Gasteiger partial charge is 0.264 e. The summed E-state index contributed by atoms with van der Waals surface area (Å²) in [5.74, 6) is -0.274. The van der Waals surface area contributed by atoms with E-state index >= 15 is 0 Å². The lowest BCUT2D eigenvalue weighted by molar-refractivity contribution is -0.119. The van der Waals surface area contributed by atoms with E-state index in [4.69, 9.17) is 0 Å². The zero-order chi connectivity index (χ0) is 18.9. The van der Waals surface area contributed by atoms with Gasteiger partial charge in [0.05, 0.1) is 10.6 Å². The first-order valence-corrected chi connectivity index (χ1v) is 10.2. The number of benzene rings is 2. The molecule has 0 spiro atoms. The molecule has 26 heavy (non-hydrogen) atoms. The van der Waals surface area contributed by atoms with E-state index < -0.39 is 10.0 Å². The van der Waals surface area contributed by atoms with Crippen molar-refractivity contribution >= 4 is 21.6 Å². The van der Waals surface area contributed by atoms with Crippen LogP contribution in [0.25, 0.3) is 0 Å². The average Bonchev–Trinajstić information content (AvgIpc) is 3.40. The highest BCUT2D eigenvalue weighted by atomic mass is 32.2. The molecule has 0 bridgehead atoms. The maximum atomic E-state index is 13.3. The number of nitrogens with zero attached hydrogens (tertiary/aromatic N) is 1. The van der Waals surface area contributed by atoms with Crippen LogP contribution in [-0.2, 0) is 14.8 Å². The summed E-state index contributed by atoms with van der Waals surface area (Å²) in [7, 11) is -3.85. The van der Waals surface area contributed by atoms with Gasteiger partial charge < -0.3 is 5.32 Å². The first-order valence-electron chi connectivity index (χ1n) is 8.74. The van der Waals surface area contributed by atoms with Crippen molar-refractivity contribution in [1.29, 1.82) is 0 Å². The molecule has 0 saturated heterocycles. The number of carbonyl (C=O) groups excluding carboxylic acids is 1. The fourth-order valence-corrected chi connectivity index (χ4v) is 4.25. The van der Waals surface area contributed by atoms with Gasteiger partial charge in [-0.15, -0.1) is 0 Å².